The Kier molecular flexibility index (Phi) is 5.04. The summed E-state index contributed by atoms with van der Waals surface area (Å²) in [5.41, 5.74) is -0.607. The van der Waals surface area contributed by atoms with Crippen LogP contribution in [0.15, 0.2) is 0 Å². The number of ether oxygens (including phenoxy) is 1. The zero-order chi connectivity index (χ0) is 14.7. The average molecular weight is 276 g/mol. The van der Waals surface area contributed by atoms with E-state index in [1.54, 1.807) is 20.8 Å². The van der Waals surface area contributed by atoms with Gasteiger partial charge in [-0.25, -0.2) is 8.78 Å². The Morgan fingerprint density at radius 1 is 1.21 bits per heavy atom. The van der Waals surface area contributed by atoms with Crippen LogP contribution < -0.4 is 0 Å². The summed E-state index contributed by atoms with van der Waals surface area (Å²) in [4.78, 5) is 23.1. The van der Waals surface area contributed by atoms with Crippen molar-refractivity contribution in [3.05, 3.63) is 0 Å². The monoisotopic (exact) mass is 276 g/mol. The molecule has 0 aromatic rings. The normalized spacial score (nSPS) is 20.1. The van der Waals surface area contributed by atoms with E-state index in [4.69, 9.17) is 4.74 Å². The molecule has 0 aliphatic heterocycles. The molecule has 0 atom stereocenters. The molecule has 0 aromatic heterocycles. The topological polar surface area (TPSA) is 43.4 Å². The third-order valence-corrected chi connectivity index (χ3v) is 3.11. The van der Waals surface area contributed by atoms with Gasteiger partial charge in [0.05, 0.1) is 0 Å². The molecule has 0 amide bonds. The van der Waals surface area contributed by atoms with Gasteiger partial charge in [-0.2, -0.15) is 0 Å². The molecule has 0 aromatic carbocycles. The quantitative estimate of drug-likeness (QED) is 0.583. The molecule has 0 unspecified atom stereocenters. The minimum Gasteiger partial charge on any atom is -0.460 e. The van der Waals surface area contributed by atoms with E-state index in [1.165, 1.54) is 0 Å². The van der Waals surface area contributed by atoms with Gasteiger partial charge in [0.25, 0.3) is 0 Å². The zero-order valence-electron chi connectivity index (χ0n) is 11.8. The highest BCUT2D eigenvalue weighted by molar-refractivity contribution is 5.95. The second-order valence-corrected chi connectivity index (χ2v) is 6.31. The lowest BCUT2D eigenvalue weighted by atomic mass is 9.83. The maximum atomic E-state index is 13.0. The van der Waals surface area contributed by atoms with Gasteiger partial charge < -0.3 is 4.74 Å². The summed E-state index contributed by atoms with van der Waals surface area (Å²) in [6.45, 7) is 5.20. The Balaban J connectivity index is 2.30. The van der Waals surface area contributed by atoms with Crippen LogP contribution in [0.5, 0.6) is 0 Å². The van der Waals surface area contributed by atoms with Gasteiger partial charge in [-0.1, -0.05) is 0 Å². The summed E-state index contributed by atoms with van der Waals surface area (Å²) < 4.78 is 31.0. The number of carbonyl (C=O) groups excluding carboxylic acids is 2. The van der Waals surface area contributed by atoms with E-state index in [9.17, 15) is 18.4 Å². The first kappa shape index (κ1) is 16.1. The summed E-state index contributed by atoms with van der Waals surface area (Å²) in [5.74, 6) is -3.36. The molecule has 0 radical (unpaired) electrons. The fraction of sp³-hybridized carbons (Fsp3) is 0.857. The van der Waals surface area contributed by atoms with Gasteiger partial charge in [-0.05, 0) is 39.5 Å². The number of Topliss-reactive ketones (excluding diaryl/α,β-unsaturated/α-hetero) is 1. The van der Waals surface area contributed by atoms with Crippen molar-refractivity contribution in [2.75, 3.05) is 0 Å². The van der Waals surface area contributed by atoms with Crippen molar-refractivity contribution in [2.24, 2.45) is 5.92 Å². The van der Waals surface area contributed by atoms with Crippen molar-refractivity contribution in [1.82, 2.24) is 0 Å². The minimum absolute atomic E-state index is 0.0189. The van der Waals surface area contributed by atoms with Gasteiger partial charge in [0.2, 0.25) is 5.92 Å². The van der Waals surface area contributed by atoms with Gasteiger partial charge in [-0.15, -0.1) is 0 Å². The van der Waals surface area contributed by atoms with Crippen molar-refractivity contribution in [1.29, 1.82) is 0 Å². The molecular weight excluding hydrogens is 254 g/mol. The molecule has 1 rings (SSSR count). The second kappa shape index (κ2) is 5.97. The molecule has 110 valence electrons. The van der Waals surface area contributed by atoms with Crippen LogP contribution in [0, 0.1) is 5.92 Å². The van der Waals surface area contributed by atoms with Crippen LogP contribution in [-0.4, -0.2) is 23.3 Å². The number of rotatable bonds is 4. The molecular formula is C14H22F2O3. The van der Waals surface area contributed by atoms with Crippen LogP contribution in [0.25, 0.3) is 0 Å². The van der Waals surface area contributed by atoms with Crippen molar-refractivity contribution in [3.63, 3.8) is 0 Å². The fourth-order valence-corrected chi connectivity index (χ4v) is 2.24. The summed E-state index contributed by atoms with van der Waals surface area (Å²) in [6.07, 6.45) is 0.342. The molecule has 1 saturated carbocycles. The van der Waals surface area contributed by atoms with Crippen molar-refractivity contribution in [2.45, 2.75) is 70.8 Å². The summed E-state index contributed by atoms with van der Waals surface area (Å²) in [7, 11) is 0. The lowest BCUT2D eigenvalue weighted by molar-refractivity contribution is -0.156. The lowest BCUT2D eigenvalue weighted by Gasteiger charge is -2.27. The Morgan fingerprint density at radius 3 is 2.21 bits per heavy atom. The maximum Gasteiger partial charge on any atom is 0.313 e. The summed E-state index contributed by atoms with van der Waals surface area (Å²) >= 11 is 0. The fourth-order valence-electron chi connectivity index (χ4n) is 2.24. The van der Waals surface area contributed by atoms with Gasteiger partial charge in [-0.3, -0.25) is 9.59 Å². The SMILES string of the molecule is CC(C)(C)OC(=O)CC(=O)CC1CCC(F)(F)CC1. The van der Waals surface area contributed by atoms with Crippen molar-refractivity contribution < 1.29 is 23.1 Å². The van der Waals surface area contributed by atoms with Gasteiger partial charge in [0.15, 0.2) is 0 Å². The Bertz CT molecular complexity index is 335. The smallest absolute Gasteiger partial charge is 0.313 e. The number of esters is 1. The lowest BCUT2D eigenvalue weighted by Crippen LogP contribution is -2.28. The van der Waals surface area contributed by atoms with Crippen LogP contribution >= 0.6 is 0 Å². The molecule has 0 N–H and O–H groups in total. The van der Waals surface area contributed by atoms with E-state index in [2.05, 4.69) is 0 Å². The molecule has 19 heavy (non-hydrogen) atoms. The molecule has 1 aliphatic carbocycles. The van der Waals surface area contributed by atoms with Crippen LogP contribution in [0.4, 0.5) is 8.78 Å². The zero-order valence-corrected chi connectivity index (χ0v) is 11.8. The average Bonchev–Trinajstić information content (AvgIpc) is 2.18. The molecule has 3 nitrogen and oxygen atoms in total. The highest BCUT2D eigenvalue weighted by Gasteiger charge is 2.35. The maximum absolute atomic E-state index is 13.0. The van der Waals surface area contributed by atoms with Gasteiger partial charge in [0, 0.05) is 19.3 Å². The van der Waals surface area contributed by atoms with Crippen molar-refractivity contribution >= 4 is 11.8 Å². The van der Waals surface area contributed by atoms with Crippen LogP contribution in [0.2, 0.25) is 0 Å². The Labute approximate surface area is 112 Å². The van der Waals surface area contributed by atoms with Gasteiger partial charge in [0.1, 0.15) is 17.8 Å². The van der Waals surface area contributed by atoms with Crippen LogP contribution in [0.3, 0.4) is 0 Å². The number of hydrogen-bond donors (Lipinski definition) is 0. The largest absolute Gasteiger partial charge is 0.460 e. The van der Waals surface area contributed by atoms with E-state index in [-0.39, 0.29) is 37.4 Å². The number of halogens is 2. The number of carbonyl (C=O) groups is 2. The molecule has 1 aliphatic rings. The van der Waals surface area contributed by atoms with Crippen LogP contribution in [-0.2, 0) is 14.3 Å². The first-order valence-electron chi connectivity index (χ1n) is 6.69. The third-order valence-electron chi connectivity index (χ3n) is 3.11. The van der Waals surface area contributed by atoms with E-state index < -0.39 is 17.5 Å². The Morgan fingerprint density at radius 2 is 1.74 bits per heavy atom. The number of hydrogen-bond acceptors (Lipinski definition) is 3. The first-order valence-corrected chi connectivity index (χ1v) is 6.69. The standard InChI is InChI=1S/C14H22F2O3/c1-13(2,3)19-12(18)9-11(17)8-10-4-6-14(15,16)7-5-10/h10H,4-9H2,1-3H3. The third kappa shape index (κ3) is 6.64. The molecule has 0 bridgehead atoms. The highest BCUT2D eigenvalue weighted by Crippen LogP contribution is 2.37. The second-order valence-electron chi connectivity index (χ2n) is 6.31. The number of ketones is 1. The molecule has 5 heteroatoms. The molecule has 0 heterocycles. The highest BCUT2D eigenvalue weighted by atomic mass is 19.3. The van der Waals surface area contributed by atoms with E-state index in [1.807, 2.05) is 0 Å². The number of alkyl halides is 2. The van der Waals surface area contributed by atoms with Crippen molar-refractivity contribution in [3.8, 4) is 0 Å². The van der Waals surface area contributed by atoms with Crippen LogP contribution in [0.1, 0.15) is 59.3 Å². The predicted octanol–water partition coefficient (Wildman–Crippen LogP) is 3.50. The van der Waals surface area contributed by atoms with Gasteiger partial charge >= 0.3 is 5.97 Å². The molecule has 0 saturated heterocycles. The van der Waals surface area contributed by atoms with E-state index in [0.717, 1.165) is 0 Å². The van der Waals surface area contributed by atoms with E-state index >= 15 is 0 Å². The summed E-state index contributed by atoms with van der Waals surface area (Å²) in [5, 5.41) is 0. The molecule has 0 spiro atoms. The summed E-state index contributed by atoms with van der Waals surface area (Å²) in [6, 6.07) is 0. The first-order chi connectivity index (χ1) is 8.57. The predicted molar refractivity (Wildman–Crippen MR) is 67.0 cm³/mol. The van der Waals surface area contributed by atoms with E-state index in [0.29, 0.717) is 12.8 Å². The molecule has 1 fully saturated rings. The Hall–Kier alpha value is -1.00. The minimum atomic E-state index is -2.58.